The maximum atomic E-state index is 14.2. The number of carbonyl (C=O) groups is 4. The van der Waals surface area contributed by atoms with Crippen LogP contribution in [0.2, 0.25) is 0 Å². The Labute approximate surface area is 244 Å². The minimum absolute atomic E-state index is 0.0366. The number of ether oxygens (including phenoxy) is 1. The predicted octanol–water partition coefficient (Wildman–Crippen LogP) is 1.68. The Morgan fingerprint density at radius 3 is 2.36 bits per heavy atom. The zero-order valence-corrected chi connectivity index (χ0v) is 24.9. The first-order valence-corrected chi connectivity index (χ1v) is 13.9. The van der Waals surface area contributed by atoms with E-state index in [-0.39, 0.29) is 41.7 Å². The van der Waals surface area contributed by atoms with Crippen LogP contribution in [0.15, 0.2) is 23.0 Å². The van der Waals surface area contributed by atoms with Crippen LogP contribution in [0.5, 0.6) is 5.75 Å². The second kappa shape index (κ2) is 9.56. The molecule has 5 rings (SSSR count). The van der Waals surface area contributed by atoms with Gasteiger partial charge in [0.1, 0.15) is 22.8 Å². The van der Waals surface area contributed by atoms with Crippen LogP contribution < -0.4 is 15.4 Å². The molecule has 1 saturated carbocycles. The summed E-state index contributed by atoms with van der Waals surface area (Å²) in [7, 11) is 6.84. The van der Waals surface area contributed by atoms with Gasteiger partial charge in [-0.15, -0.1) is 0 Å². The molecule has 0 aromatic heterocycles. The van der Waals surface area contributed by atoms with E-state index in [0.717, 1.165) is 5.69 Å². The molecule has 12 nitrogen and oxygen atoms in total. The van der Waals surface area contributed by atoms with Gasteiger partial charge in [0.05, 0.1) is 18.2 Å². The lowest BCUT2D eigenvalue weighted by Gasteiger charge is -2.50. The number of fused-ring (bicyclic) bond motifs is 5. The molecular weight excluding hydrogens is 544 g/mol. The fourth-order valence-corrected chi connectivity index (χ4v) is 7.08. The number of nitrogens with two attached hydrogens (primary N) is 1. The molecule has 4 aliphatic rings. The highest BCUT2D eigenvalue weighted by molar-refractivity contribution is 6.24. The van der Waals surface area contributed by atoms with Gasteiger partial charge in [-0.1, -0.05) is 20.8 Å². The average molecular weight is 583 g/mol. The number of nitrogens with zero attached hydrogens (tertiary/aromatic N) is 3. The first kappa shape index (κ1) is 29.6. The normalized spacial score (nSPS) is 27.4. The minimum atomic E-state index is -2.68. The van der Waals surface area contributed by atoms with E-state index >= 15 is 0 Å². The lowest BCUT2D eigenvalue weighted by atomic mass is 9.57. The van der Waals surface area contributed by atoms with Crippen LogP contribution in [0.25, 0.3) is 5.76 Å². The molecule has 4 atom stereocenters. The topological polar surface area (TPSA) is 174 Å². The van der Waals surface area contributed by atoms with Gasteiger partial charge in [-0.3, -0.25) is 19.3 Å². The molecule has 1 aromatic rings. The molecule has 4 unspecified atom stereocenters. The number of amides is 2. The van der Waals surface area contributed by atoms with E-state index in [2.05, 4.69) is 0 Å². The number of likely N-dealkylation sites (N-methyl/N-ethyl adjacent to an activating group) is 1. The fourth-order valence-electron chi connectivity index (χ4n) is 7.08. The van der Waals surface area contributed by atoms with Crippen molar-refractivity contribution >= 4 is 35.0 Å². The van der Waals surface area contributed by atoms with Crippen molar-refractivity contribution < 1.29 is 39.2 Å². The van der Waals surface area contributed by atoms with Gasteiger partial charge in [-0.25, -0.2) is 4.79 Å². The molecule has 42 heavy (non-hydrogen) atoms. The van der Waals surface area contributed by atoms with Gasteiger partial charge in [0.15, 0.2) is 11.4 Å². The quantitative estimate of drug-likeness (QED) is 0.383. The zero-order chi connectivity index (χ0) is 31.2. The molecule has 1 aromatic carbocycles. The van der Waals surface area contributed by atoms with Gasteiger partial charge in [-0.2, -0.15) is 0 Å². The van der Waals surface area contributed by atoms with Gasteiger partial charge in [0.2, 0.25) is 5.78 Å². The first-order valence-electron chi connectivity index (χ1n) is 13.9. The van der Waals surface area contributed by atoms with Crippen LogP contribution in [-0.2, 0) is 27.3 Å². The van der Waals surface area contributed by atoms with Crippen molar-refractivity contribution in [1.82, 2.24) is 9.80 Å². The predicted molar refractivity (Wildman–Crippen MR) is 153 cm³/mol. The van der Waals surface area contributed by atoms with Crippen molar-refractivity contribution in [2.75, 3.05) is 39.6 Å². The molecule has 3 aliphatic carbocycles. The van der Waals surface area contributed by atoms with Crippen molar-refractivity contribution in [1.29, 1.82) is 0 Å². The largest absolute Gasteiger partial charge is 0.508 e. The van der Waals surface area contributed by atoms with E-state index in [1.807, 2.05) is 45.8 Å². The number of aliphatic hydroxyl groups is 3. The van der Waals surface area contributed by atoms with E-state index < -0.39 is 64.1 Å². The summed E-state index contributed by atoms with van der Waals surface area (Å²) in [5, 5.41) is 34.7. The maximum Gasteiger partial charge on any atom is 0.415 e. The Balaban J connectivity index is 1.72. The summed E-state index contributed by atoms with van der Waals surface area (Å²) in [6.45, 7) is 6.67. The summed E-state index contributed by atoms with van der Waals surface area (Å²) in [5.41, 5.74) is 3.77. The van der Waals surface area contributed by atoms with Crippen LogP contribution in [0, 0.1) is 17.3 Å². The molecule has 0 radical (unpaired) electrons. The molecule has 12 heteroatoms. The number of aliphatic hydroxyl groups excluding tert-OH is 2. The molecular formula is C30H38N4O8. The summed E-state index contributed by atoms with van der Waals surface area (Å²) >= 11 is 0. The lowest BCUT2D eigenvalue weighted by Crippen LogP contribution is -2.65. The SMILES string of the molecule is CN(C)c1cc2c(c3c1CC1CC4C(N(C)C)C(=O)C(C(N)=O)=C(O)C4(O)C(=O)C1=C3O)OC(=O)N(CC(C)(C)C)C2. The lowest BCUT2D eigenvalue weighted by molar-refractivity contribution is -0.153. The van der Waals surface area contributed by atoms with Gasteiger partial charge in [0, 0.05) is 43.4 Å². The van der Waals surface area contributed by atoms with Crippen LogP contribution in [0.1, 0.15) is 43.9 Å². The molecule has 1 heterocycles. The van der Waals surface area contributed by atoms with E-state index in [1.54, 1.807) is 19.0 Å². The molecule has 1 fully saturated rings. The summed E-state index contributed by atoms with van der Waals surface area (Å²) in [6, 6.07) is 0.782. The number of Topliss-reactive ketones (excluding diaryl/α,β-unsaturated/α-hetero) is 2. The molecule has 0 bridgehead atoms. The van der Waals surface area contributed by atoms with Crippen LogP contribution in [0.3, 0.4) is 0 Å². The fraction of sp³-hybridized carbons (Fsp3) is 0.533. The van der Waals surface area contributed by atoms with Gasteiger partial charge >= 0.3 is 6.09 Å². The molecule has 5 N–H and O–H groups in total. The number of benzene rings is 1. The number of hydrogen-bond donors (Lipinski definition) is 4. The highest BCUT2D eigenvalue weighted by atomic mass is 16.6. The summed E-state index contributed by atoms with van der Waals surface area (Å²) in [6.07, 6.45) is -0.315. The van der Waals surface area contributed by atoms with Crippen molar-refractivity contribution in [2.45, 2.75) is 51.8 Å². The van der Waals surface area contributed by atoms with Crippen molar-refractivity contribution in [2.24, 2.45) is 23.0 Å². The summed E-state index contributed by atoms with van der Waals surface area (Å²) in [5.74, 6) is -6.27. The highest BCUT2D eigenvalue weighted by Crippen LogP contribution is 2.54. The van der Waals surface area contributed by atoms with Crippen LogP contribution in [-0.4, -0.2) is 95.1 Å². The Morgan fingerprint density at radius 2 is 1.81 bits per heavy atom. The minimum Gasteiger partial charge on any atom is -0.508 e. The molecule has 0 spiro atoms. The standard InChI is InChI=1S/C30H38N4O8/c1-29(2,3)12-34-11-14-10-17(32(4)5)15-8-13-9-16-21(33(6)7)23(36)20(27(31)39)26(38)30(16,41)25(37)18(13)22(35)19(15)24(14)42-28(34)40/h10,13,16,21,35,38,41H,8-9,11-12H2,1-7H3,(H2,31,39). The molecule has 1 aliphatic heterocycles. The van der Waals surface area contributed by atoms with Crippen LogP contribution in [0.4, 0.5) is 10.5 Å². The zero-order valence-electron chi connectivity index (χ0n) is 24.9. The number of hydrogen-bond acceptors (Lipinski definition) is 10. The Hall–Kier alpha value is -3.90. The Kier molecular flexibility index (Phi) is 6.74. The summed E-state index contributed by atoms with van der Waals surface area (Å²) < 4.78 is 5.80. The van der Waals surface area contributed by atoms with Gasteiger partial charge in [0.25, 0.3) is 5.91 Å². The smallest absolute Gasteiger partial charge is 0.415 e. The number of rotatable bonds is 4. The number of primary amides is 1. The van der Waals surface area contributed by atoms with Gasteiger partial charge < -0.3 is 35.6 Å². The number of carbonyl (C=O) groups excluding carboxylic acids is 4. The molecule has 226 valence electrons. The van der Waals surface area contributed by atoms with Crippen molar-refractivity contribution in [3.05, 3.63) is 39.7 Å². The van der Waals surface area contributed by atoms with E-state index in [4.69, 9.17) is 10.5 Å². The van der Waals surface area contributed by atoms with E-state index in [9.17, 15) is 34.5 Å². The third kappa shape index (κ3) is 4.18. The maximum absolute atomic E-state index is 14.2. The number of ketones is 2. The third-order valence-electron chi connectivity index (χ3n) is 8.71. The first-order chi connectivity index (χ1) is 19.4. The van der Waals surface area contributed by atoms with E-state index in [0.29, 0.717) is 17.7 Å². The average Bonchev–Trinajstić information content (AvgIpc) is 2.85. The van der Waals surface area contributed by atoms with Crippen molar-refractivity contribution in [3.63, 3.8) is 0 Å². The monoisotopic (exact) mass is 582 g/mol. The molecule has 0 saturated heterocycles. The van der Waals surface area contributed by atoms with Crippen LogP contribution >= 0.6 is 0 Å². The molecule has 2 amide bonds. The van der Waals surface area contributed by atoms with E-state index in [1.165, 1.54) is 4.90 Å². The highest BCUT2D eigenvalue weighted by Gasteiger charge is 2.64. The Bertz CT molecular complexity index is 1500. The second-order valence-electron chi connectivity index (χ2n) is 13.4. The number of anilines is 1. The second-order valence-corrected chi connectivity index (χ2v) is 13.4. The van der Waals surface area contributed by atoms with Crippen molar-refractivity contribution in [3.8, 4) is 5.75 Å². The Morgan fingerprint density at radius 1 is 1.17 bits per heavy atom. The third-order valence-corrected chi connectivity index (χ3v) is 8.71. The summed E-state index contributed by atoms with van der Waals surface area (Å²) in [4.78, 5) is 57.7. The van der Waals surface area contributed by atoms with Gasteiger partial charge in [-0.05, 0) is 49.9 Å².